The van der Waals surface area contributed by atoms with Crippen LogP contribution >= 0.6 is 24.0 Å². The number of hydrogen-bond acceptors (Lipinski definition) is 8. The highest BCUT2D eigenvalue weighted by Crippen LogP contribution is 2.46. The third kappa shape index (κ3) is 5.69. The van der Waals surface area contributed by atoms with Crippen molar-refractivity contribution in [1.82, 2.24) is 15.2 Å². The van der Waals surface area contributed by atoms with Crippen LogP contribution in [0, 0.1) is 0 Å². The molecule has 2 atom stereocenters. The molecule has 2 N–H and O–H groups in total. The summed E-state index contributed by atoms with van der Waals surface area (Å²) in [5, 5.41) is 3.87. The number of halogens is 1. The summed E-state index contributed by atoms with van der Waals surface area (Å²) in [6.45, 7) is 4.65. The minimum absolute atomic E-state index is 0.130. The Labute approximate surface area is 256 Å². The molecular formula is C30H28FN5O5S2. The van der Waals surface area contributed by atoms with Gasteiger partial charge in [-0.1, -0.05) is 18.2 Å². The van der Waals surface area contributed by atoms with Crippen molar-refractivity contribution < 1.29 is 28.2 Å². The van der Waals surface area contributed by atoms with E-state index in [1.807, 2.05) is 30.3 Å². The fraction of sp³-hybridized carbons (Fsp3) is 0.267. The summed E-state index contributed by atoms with van der Waals surface area (Å²) in [7, 11) is 0. The van der Waals surface area contributed by atoms with E-state index in [9.17, 15) is 14.4 Å². The molecule has 0 radical (unpaired) electrons. The highest BCUT2D eigenvalue weighted by molar-refractivity contribution is 7.81. The number of rotatable bonds is 5. The lowest BCUT2D eigenvalue weighted by Crippen LogP contribution is -2.46. The van der Waals surface area contributed by atoms with Gasteiger partial charge in [-0.2, -0.15) is 0 Å². The van der Waals surface area contributed by atoms with Crippen molar-refractivity contribution in [3.8, 4) is 11.5 Å². The van der Waals surface area contributed by atoms with Gasteiger partial charge in [0.1, 0.15) is 26.8 Å². The van der Waals surface area contributed by atoms with Crippen LogP contribution in [-0.4, -0.2) is 57.6 Å². The molecule has 2 aromatic heterocycles. The third-order valence-corrected chi connectivity index (χ3v) is 8.38. The van der Waals surface area contributed by atoms with Crippen molar-refractivity contribution in [1.29, 1.82) is 0 Å². The minimum Gasteiger partial charge on any atom is -0.457 e. The predicted octanol–water partition coefficient (Wildman–Crippen LogP) is 6.72. The fourth-order valence-electron chi connectivity index (χ4n) is 4.94. The number of urea groups is 1. The molecule has 1 fully saturated rings. The van der Waals surface area contributed by atoms with Gasteiger partial charge >= 0.3 is 12.1 Å². The molecule has 2 aliphatic rings. The van der Waals surface area contributed by atoms with E-state index in [4.69, 9.17) is 9.47 Å². The molecule has 2 aliphatic heterocycles. The number of carbonyl (C=O) groups is 3. The van der Waals surface area contributed by atoms with E-state index in [0.29, 0.717) is 33.1 Å². The third-order valence-electron chi connectivity index (χ3n) is 6.83. The monoisotopic (exact) mass is 621 g/mol. The first-order valence-corrected chi connectivity index (χ1v) is 14.7. The van der Waals surface area contributed by atoms with E-state index >= 15 is 4.39 Å². The number of alkyl halides is 1. The van der Waals surface area contributed by atoms with Crippen LogP contribution in [0.2, 0.25) is 0 Å². The van der Waals surface area contributed by atoms with Gasteiger partial charge in [-0.25, -0.2) is 19.0 Å². The molecule has 0 aliphatic carbocycles. The largest absolute Gasteiger partial charge is 0.457 e. The Morgan fingerprint density at radius 2 is 1.81 bits per heavy atom. The molecule has 0 unspecified atom stereocenters. The Kier molecular flexibility index (Phi) is 7.17. The van der Waals surface area contributed by atoms with Gasteiger partial charge in [0, 0.05) is 12.7 Å². The van der Waals surface area contributed by atoms with E-state index in [1.54, 1.807) is 57.3 Å². The molecule has 4 heterocycles. The average molecular weight is 622 g/mol. The van der Waals surface area contributed by atoms with Crippen molar-refractivity contribution in [2.45, 2.75) is 37.4 Å². The number of thiophene rings is 1. The summed E-state index contributed by atoms with van der Waals surface area (Å²) >= 11 is 5.17. The van der Waals surface area contributed by atoms with E-state index < -0.39 is 34.7 Å². The van der Waals surface area contributed by atoms with Crippen LogP contribution in [0.15, 0.2) is 66.9 Å². The number of carbonyl (C=O) groups excluding carboxylic acids is 3. The van der Waals surface area contributed by atoms with E-state index in [1.165, 1.54) is 9.80 Å². The molecule has 222 valence electrons. The van der Waals surface area contributed by atoms with Crippen molar-refractivity contribution >= 4 is 69.3 Å². The van der Waals surface area contributed by atoms with Crippen LogP contribution in [0.25, 0.3) is 10.2 Å². The minimum atomic E-state index is -2.19. The zero-order valence-electron chi connectivity index (χ0n) is 23.5. The van der Waals surface area contributed by atoms with Crippen LogP contribution in [-0.2, 0) is 4.74 Å². The maximum atomic E-state index is 15.4. The van der Waals surface area contributed by atoms with E-state index in [-0.39, 0.29) is 23.7 Å². The zero-order chi connectivity index (χ0) is 30.5. The van der Waals surface area contributed by atoms with Gasteiger partial charge in [0.05, 0.1) is 35.0 Å². The Bertz CT molecular complexity index is 1720. The second-order valence-corrected chi connectivity index (χ2v) is 12.9. The number of nitrogens with zero attached hydrogens (tertiary/aromatic N) is 3. The Morgan fingerprint density at radius 3 is 2.51 bits per heavy atom. The van der Waals surface area contributed by atoms with Gasteiger partial charge in [-0.3, -0.25) is 9.69 Å². The zero-order valence-corrected chi connectivity index (χ0v) is 25.2. The summed E-state index contributed by atoms with van der Waals surface area (Å²) in [5.74, 6) is 0.675. The predicted molar refractivity (Wildman–Crippen MR) is 166 cm³/mol. The summed E-state index contributed by atoms with van der Waals surface area (Å²) in [4.78, 5) is 47.2. The summed E-state index contributed by atoms with van der Waals surface area (Å²) in [6, 6.07) is 16.5. The SMILES string of the molecule is CC(C)(C)OC(=O)N1C[C@H](NC(=O)c2sc3nccc4c3c2NC(=O)N4c2ccc(Oc3ccccc3)cc2)[C@](F)(S)C1. The number of hydrogen-bond donors (Lipinski definition) is 3. The van der Waals surface area contributed by atoms with Crippen molar-refractivity contribution in [2.24, 2.45) is 0 Å². The number of aromatic nitrogens is 1. The molecule has 13 heteroatoms. The Balaban J connectivity index is 1.25. The summed E-state index contributed by atoms with van der Waals surface area (Å²) < 4.78 is 26.6. The molecular weight excluding hydrogens is 593 g/mol. The second kappa shape index (κ2) is 10.7. The fourth-order valence-corrected chi connectivity index (χ4v) is 6.28. The lowest BCUT2D eigenvalue weighted by molar-refractivity contribution is 0.0278. The molecule has 6 rings (SSSR count). The second-order valence-electron chi connectivity index (χ2n) is 11.2. The molecule has 1 saturated heterocycles. The lowest BCUT2D eigenvalue weighted by Gasteiger charge is -2.28. The number of ether oxygens (including phenoxy) is 2. The molecule has 4 amide bonds. The summed E-state index contributed by atoms with van der Waals surface area (Å²) in [6.07, 6.45) is 0.867. The van der Waals surface area contributed by atoms with Crippen LogP contribution in [0.4, 0.5) is 31.0 Å². The number of nitrogens with one attached hydrogen (secondary N) is 2. The van der Waals surface area contributed by atoms with Crippen LogP contribution in [0.3, 0.4) is 0 Å². The van der Waals surface area contributed by atoms with Crippen LogP contribution in [0.5, 0.6) is 11.5 Å². The maximum Gasteiger partial charge on any atom is 0.410 e. The van der Waals surface area contributed by atoms with Crippen LogP contribution < -0.4 is 20.3 Å². The van der Waals surface area contributed by atoms with Gasteiger partial charge in [-0.05, 0) is 63.2 Å². The highest BCUT2D eigenvalue weighted by Gasteiger charge is 2.48. The number of thiol groups is 1. The first kappa shape index (κ1) is 28.7. The molecule has 0 spiro atoms. The average Bonchev–Trinajstić information content (AvgIpc) is 3.46. The summed E-state index contributed by atoms with van der Waals surface area (Å²) in [5.41, 5.74) is 0.652. The van der Waals surface area contributed by atoms with E-state index in [2.05, 4.69) is 28.2 Å². The number of pyridine rings is 1. The molecule has 0 saturated carbocycles. The number of amides is 4. The molecule has 10 nitrogen and oxygen atoms in total. The topological polar surface area (TPSA) is 113 Å². The van der Waals surface area contributed by atoms with Gasteiger partial charge in [-0.15, -0.1) is 24.0 Å². The quantitative estimate of drug-likeness (QED) is 0.213. The molecule has 43 heavy (non-hydrogen) atoms. The van der Waals surface area contributed by atoms with Crippen molar-refractivity contribution in [3.63, 3.8) is 0 Å². The van der Waals surface area contributed by atoms with Crippen molar-refractivity contribution in [3.05, 3.63) is 71.7 Å². The van der Waals surface area contributed by atoms with E-state index in [0.717, 1.165) is 11.3 Å². The van der Waals surface area contributed by atoms with Gasteiger partial charge in [0.2, 0.25) is 0 Å². The molecule has 4 aromatic rings. The van der Waals surface area contributed by atoms with Gasteiger partial charge < -0.3 is 25.0 Å². The molecule has 0 bridgehead atoms. The highest BCUT2D eigenvalue weighted by atomic mass is 32.1. The Hall–Kier alpha value is -4.36. The number of para-hydroxylation sites is 1. The standard InChI is InChI=1S/C30H28FN5O5S2/c1-29(2,3)41-28(39)35-15-21(30(31,42)16-35)33-25(37)24-23-22-20(13-14-32-26(22)43-24)36(27(38)34-23)17-9-11-19(12-10-17)40-18-7-5-4-6-8-18/h4-14,21,42H,15-16H2,1-3H3,(H,33,37)(H,34,38)/t21-,30+/m0/s1. The van der Waals surface area contributed by atoms with Crippen LogP contribution in [0.1, 0.15) is 30.4 Å². The number of likely N-dealkylation sites (tertiary alicyclic amines) is 1. The normalized spacial score (nSPS) is 19.7. The number of anilines is 3. The first-order chi connectivity index (χ1) is 20.4. The molecule has 2 aromatic carbocycles. The number of benzene rings is 2. The van der Waals surface area contributed by atoms with Gasteiger partial charge in [0.15, 0.2) is 5.00 Å². The van der Waals surface area contributed by atoms with Gasteiger partial charge in [0.25, 0.3) is 5.91 Å². The Morgan fingerprint density at radius 1 is 1.12 bits per heavy atom. The van der Waals surface area contributed by atoms with Crippen molar-refractivity contribution in [2.75, 3.05) is 23.3 Å². The first-order valence-electron chi connectivity index (χ1n) is 13.5. The smallest absolute Gasteiger partial charge is 0.410 e. The maximum absolute atomic E-state index is 15.4. The lowest BCUT2D eigenvalue weighted by atomic mass is 10.1.